The van der Waals surface area contributed by atoms with Crippen molar-refractivity contribution < 1.29 is 28.9 Å². The summed E-state index contributed by atoms with van der Waals surface area (Å²) in [6.07, 6.45) is 1.80. The summed E-state index contributed by atoms with van der Waals surface area (Å²) in [6, 6.07) is 16.2. The maximum Gasteiger partial charge on any atom is 0.312 e. The predicted molar refractivity (Wildman–Crippen MR) is 127 cm³/mol. The molecule has 2 aliphatic heterocycles. The Morgan fingerprint density at radius 1 is 1.03 bits per heavy atom. The van der Waals surface area contributed by atoms with Gasteiger partial charge >= 0.3 is 5.97 Å². The van der Waals surface area contributed by atoms with Gasteiger partial charge in [0.2, 0.25) is 5.78 Å². The maximum absolute atomic E-state index is 13.2. The zero-order valence-corrected chi connectivity index (χ0v) is 19.1. The number of carbonyl (C=O) groups is 2. The Bertz CT molecular complexity index is 1330. The van der Waals surface area contributed by atoms with Gasteiger partial charge in [-0.1, -0.05) is 44.2 Å². The quantitative estimate of drug-likeness (QED) is 0.313. The summed E-state index contributed by atoms with van der Waals surface area (Å²) in [5.41, 5.74) is 3.89. The van der Waals surface area contributed by atoms with E-state index >= 15 is 0 Å². The Morgan fingerprint density at radius 2 is 1.79 bits per heavy atom. The van der Waals surface area contributed by atoms with Crippen LogP contribution in [0.3, 0.4) is 0 Å². The molecule has 5 rings (SSSR count). The molecule has 34 heavy (non-hydrogen) atoms. The lowest BCUT2D eigenvalue weighted by Gasteiger charge is -2.26. The van der Waals surface area contributed by atoms with Crippen LogP contribution in [-0.4, -0.2) is 24.0 Å². The van der Waals surface area contributed by atoms with Crippen LogP contribution in [0.25, 0.3) is 6.08 Å². The van der Waals surface area contributed by atoms with Gasteiger partial charge in [-0.3, -0.25) is 9.59 Å². The summed E-state index contributed by atoms with van der Waals surface area (Å²) >= 11 is 0. The molecule has 0 radical (unpaired) electrons. The van der Waals surface area contributed by atoms with Crippen LogP contribution in [0.1, 0.15) is 64.7 Å². The van der Waals surface area contributed by atoms with Crippen LogP contribution in [0.5, 0.6) is 23.0 Å². The van der Waals surface area contributed by atoms with Crippen molar-refractivity contribution in [1.82, 2.24) is 0 Å². The number of fused-ring (bicyclic) bond motifs is 3. The molecule has 0 saturated carbocycles. The minimum absolute atomic E-state index is 0.00304. The number of aromatic hydroxyl groups is 1. The third-order valence-corrected chi connectivity index (χ3v) is 6.29. The van der Waals surface area contributed by atoms with E-state index in [1.807, 2.05) is 24.3 Å². The van der Waals surface area contributed by atoms with Gasteiger partial charge in [-0.2, -0.15) is 0 Å². The van der Waals surface area contributed by atoms with E-state index in [2.05, 4.69) is 13.8 Å². The highest BCUT2D eigenvalue weighted by molar-refractivity contribution is 6.15. The van der Waals surface area contributed by atoms with Crippen LogP contribution in [0.2, 0.25) is 0 Å². The molecular weight excluding hydrogens is 432 g/mol. The average Bonchev–Trinajstić information content (AvgIpc) is 3.14. The van der Waals surface area contributed by atoms with Gasteiger partial charge in [0.05, 0.1) is 19.1 Å². The van der Waals surface area contributed by atoms with Crippen molar-refractivity contribution in [3.63, 3.8) is 0 Å². The molecule has 2 aliphatic rings. The van der Waals surface area contributed by atoms with Gasteiger partial charge < -0.3 is 19.3 Å². The second-order valence-electron chi connectivity index (χ2n) is 8.78. The largest absolute Gasteiger partial charge is 0.504 e. The first-order valence-corrected chi connectivity index (χ1v) is 11.1. The van der Waals surface area contributed by atoms with Crippen LogP contribution in [-0.2, 0) is 4.79 Å². The van der Waals surface area contributed by atoms with Crippen molar-refractivity contribution in [2.24, 2.45) is 0 Å². The van der Waals surface area contributed by atoms with Gasteiger partial charge in [-0.15, -0.1) is 0 Å². The molecule has 1 N–H and O–H groups in total. The van der Waals surface area contributed by atoms with E-state index in [0.717, 1.165) is 11.1 Å². The maximum atomic E-state index is 13.2. The number of esters is 1. The SMILES string of the molecule is COc1cc([C@@H]2CC(=O)Oc3ccc4c(c32)O/C(=C\c2ccc(C(C)C)cc2)C4=O)ccc1O. The number of rotatable bonds is 4. The molecule has 2 heterocycles. The van der Waals surface area contributed by atoms with Crippen LogP contribution in [0.4, 0.5) is 0 Å². The topological polar surface area (TPSA) is 82.1 Å². The molecular formula is C28H24O6. The molecule has 0 fully saturated rings. The van der Waals surface area contributed by atoms with E-state index in [0.29, 0.717) is 34.3 Å². The normalized spacial score (nSPS) is 17.9. The fraction of sp³-hybridized carbons (Fsp3) is 0.214. The molecule has 0 saturated heterocycles. The first-order valence-electron chi connectivity index (χ1n) is 11.1. The number of phenols is 1. The molecule has 6 nitrogen and oxygen atoms in total. The zero-order chi connectivity index (χ0) is 24.0. The van der Waals surface area contributed by atoms with E-state index in [4.69, 9.17) is 14.2 Å². The van der Waals surface area contributed by atoms with Gasteiger partial charge in [0.15, 0.2) is 17.3 Å². The summed E-state index contributed by atoms with van der Waals surface area (Å²) in [6.45, 7) is 4.26. The lowest BCUT2D eigenvalue weighted by Crippen LogP contribution is -2.21. The Hall–Kier alpha value is -4.06. The number of carbonyl (C=O) groups excluding carboxylic acids is 2. The number of allylic oxidation sites excluding steroid dienone is 1. The molecule has 0 unspecified atom stereocenters. The minimum atomic E-state index is -0.418. The second kappa shape index (κ2) is 8.37. The van der Waals surface area contributed by atoms with E-state index in [1.54, 1.807) is 30.3 Å². The van der Waals surface area contributed by atoms with Crippen LogP contribution in [0.15, 0.2) is 60.4 Å². The van der Waals surface area contributed by atoms with Gasteiger partial charge in [0.1, 0.15) is 11.5 Å². The molecule has 172 valence electrons. The summed E-state index contributed by atoms with van der Waals surface area (Å²) < 4.78 is 16.8. The van der Waals surface area contributed by atoms with Crippen LogP contribution < -0.4 is 14.2 Å². The van der Waals surface area contributed by atoms with Crippen LogP contribution >= 0.6 is 0 Å². The van der Waals surface area contributed by atoms with Gasteiger partial charge in [-0.25, -0.2) is 0 Å². The fourth-order valence-electron chi connectivity index (χ4n) is 4.43. The highest BCUT2D eigenvalue weighted by Crippen LogP contribution is 2.49. The molecule has 0 aromatic heterocycles. The monoisotopic (exact) mass is 456 g/mol. The number of methoxy groups -OCH3 is 1. The van der Waals surface area contributed by atoms with E-state index in [1.165, 1.54) is 18.7 Å². The summed E-state index contributed by atoms with van der Waals surface area (Å²) in [5, 5.41) is 10.00. The molecule has 3 aromatic carbocycles. The number of hydrogen-bond donors (Lipinski definition) is 1. The molecule has 0 aliphatic carbocycles. The van der Waals surface area contributed by atoms with Crippen LogP contribution in [0, 0.1) is 0 Å². The Balaban J connectivity index is 1.57. The highest BCUT2D eigenvalue weighted by Gasteiger charge is 2.38. The third-order valence-electron chi connectivity index (χ3n) is 6.29. The summed E-state index contributed by atoms with van der Waals surface area (Å²) in [7, 11) is 1.46. The lowest BCUT2D eigenvalue weighted by atomic mass is 9.84. The minimum Gasteiger partial charge on any atom is -0.504 e. The van der Waals surface area contributed by atoms with Crippen molar-refractivity contribution in [2.75, 3.05) is 7.11 Å². The molecule has 0 bridgehead atoms. The fourth-order valence-corrected chi connectivity index (χ4v) is 4.43. The Kier molecular flexibility index (Phi) is 5.36. The standard InChI is InChI=1S/C28H24O6/c1-15(2)17-6-4-16(5-7-17)12-24-27(31)19-9-11-22-26(28(19)34-24)20(14-25(30)33-22)18-8-10-21(29)23(13-18)32-3/h4-13,15,20,29H,14H2,1-3H3/b24-12-/t20-/m0/s1. The lowest BCUT2D eigenvalue weighted by molar-refractivity contribution is -0.135. The molecule has 0 amide bonds. The first-order chi connectivity index (χ1) is 16.4. The van der Waals surface area contributed by atoms with Crippen molar-refractivity contribution in [3.8, 4) is 23.0 Å². The third kappa shape index (κ3) is 3.71. The Labute approximate surface area is 197 Å². The van der Waals surface area contributed by atoms with Crippen molar-refractivity contribution in [3.05, 3.63) is 88.2 Å². The van der Waals surface area contributed by atoms with Crippen molar-refractivity contribution >= 4 is 17.8 Å². The van der Waals surface area contributed by atoms with E-state index in [9.17, 15) is 14.7 Å². The number of ketones is 1. The number of Topliss-reactive ketones (excluding diaryl/α,β-unsaturated/α-hetero) is 1. The number of hydrogen-bond acceptors (Lipinski definition) is 6. The predicted octanol–water partition coefficient (Wildman–Crippen LogP) is 5.58. The van der Waals surface area contributed by atoms with Crippen molar-refractivity contribution in [2.45, 2.75) is 32.1 Å². The Morgan fingerprint density at radius 3 is 2.50 bits per heavy atom. The van der Waals surface area contributed by atoms with E-state index < -0.39 is 5.92 Å². The van der Waals surface area contributed by atoms with E-state index in [-0.39, 0.29) is 29.7 Å². The summed E-state index contributed by atoms with van der Waals surface area (Å²) in [4.78, 5) is 25.5. The smallest absolute Gasteiger partial charge is 0.312 e. The van der Waals surface area contributed by atoms with Gasteiger partial charge in [-0.05, 0) is 52.9 Å². The molecule has 6 heteroatoms. The number of ether oxygens (including phenoxy) is 3. The number of benzene rings is 3. The second-order valence-corrected chi connectivity index (χ2v) is 8.78. The summed E-state index contributed by atoms with van der Waals surface area (Å²) in [5.74, 6) is 0.688. The zero-order valence-electron chi connectivity index (χ0n) is 19.1. The number of phenolic OH excluding ortho intramolecular Hbond substituents is 1. The molecule has 3 aromatic rings. The van der Waals surface area contributed by atoms with Crippen molar-refractivity contribution in [1.29, 1.82) is 0 Å². The average molecular weight is 456 g/mol. The first kappa shape index (κ1) is 21.8. The molecule has 0 spiro atoms. The van der Waals surface area contributed by atoms with Gasteiger partial charge in [0.25, 0.3) is 0 Å². The van der Waals surface area contributed by atoms with Gasteiger partial charge in [0, 0.05) is 11.5 Å². The highest BCUT2D eigenvalue weighted by atomic mass is 16.5. The molecule has 1 atom stereocenters.